The Kier molecular flexibility index (Phi) is 13.2. The average Bonchev–Trinajstić information content (AvgIpc) is 2.98. The van der Waals surface area contributed by atoms with Gasteiger partial charge in [-0.25, -0.2) is 0 Å². The van der Waals surface area contributed by atoms with Gasteiger partial charge in [0.1, 0.15) is 0 Å². The number of hydrogen-bond donors (Lipinski definition) is 0. The lowest BCUT2D eigenvalue weighted by Gasteiger charge is -2.27. The first kappa shape index (κ1) is 23.9. The van der Waals surface area contributed by atoms with Gasteiger partial charge in [0.25, 0.3) is 0 Å². The maximum Gasteiger partial charge on any atom is 0.230 e. The Bertz CT molecular complexity index is 439. The third-order valence-corrected chi connectivity index (χ3v) is 5.78. The van der Waals surface area contributed by atoms with Gasteiger partial charge in [-0.3, -0.25) is 14.5 Å². The molecular formula is C24H43NO2. The van der Waals surface area contributed by atoms with Gasteiger partial charge in [0.15, 0.2) is 0 Å². The van der Waals surface area contributed by atoms with Crippen molar-refractivity contribution in [2.24, 2.45) is 0 Å². The number of unbranched alkanes of at least 4 members (excludes halogenated alkanes) is 11. The van der Waals surface area contributed by atoms with Gasteiger partial charge in [-0.05, 0) is 19.8 Å². The number of rotatable bonds is 16. The van der Waals surface area contributed by atoms with Crippen LogP contribution < -0.4 is 0 Å². The molecule has 0 aromatic heterocycles. The molecule has 3 nitrogen and oxygen atoms in total. The molecule has 0 aliphatic carbocycles. The second kappa shape index (κ2) is 14.9. The van der Waals surface area contributed by atoms with Gasteiger partial charge < -0.3 is 0 Å². The summed E-state index contributed by atoms with van der Waals surface area (Å²) in [6.07, 6.45) is 20.8. The standard InChI is InChI=1S/C24H43NO2/c1-4-6-7-8-9-10-11-12-13-14-15-16-18-22(21(3)17-5-2)25-23(26)19-20-24(25)27/h17,22H,4-16,18-20H2,1-3H3/b21-17+. The van der Waals surface area contributed by atoms with Gasteiger partial charge in [-0.2, -0.15) is 0 Å². The van der Waals surface area contributed by atoms with E-state index in [2.05, 4.69) is 26.8 Å². The summed E-state index contributed by atoms with van der Waals surface area (Å²) in [4.78, 5) is 25.8. The van der Waals surface area contributed by atoms with Gasteiger partial charge in [-0.15, -0.1) is 0 Å². The van der Waals surface area contributed by atoms with Crippen LogP contribution in [-0.4, -0.2) is 22.8 Å². The lowest BCUT2D eigenvalue weighted by Crippen LogP contribution is -2.40. The van der Waals surface area contributed by atoms with Crippen LogP contribution in [0.1, 0.15) is 124 Å². The van der Waals surface area contributed by atoms with E-state index in [1.54, 1.807) is 4.90 Å². The van der Waals surface area contributed by atoms with Crippen molar-refractivity contribution in [1.82, 2.24) is 4.90 Å². The summed E-state index contributed by atoms with van der Waals surface area (Å²) in [5.41, 5.74) is 1.18. The molecular weight excluding hydrogens is 334 g/mol. The molecule has 0 spiro atoms. The number of hydrogen-bond acceptors (Lipinski definition) is 2. The molecule has 0 N–H and O–H groups in total. The summed E-state index contributed by atoms with van der Waals surface area (Å²) >= 11 is 0. The minimum absolute atomic E-state index is 0.00410. The fourth-order valence-corrected chi connectivity index (χ4v) is 4.14. The number of likely N-dealkylation sites (tertiary alicyclic amines) is 1. The maximum absolute atomic E-state index is 12.1. The highest BCUT2D eigenvalue weighted by Crippen LogP contribution is 2.25. The summed E-state index contributed by atoms with van der Waals surface area (Å²) < 4.78 is 0. The van der Waals surface area contributed by atoms with E-state index in [0.717, 1.165) is 19.3 Å². The number of amides is 2. The minimum Gasteiger partial charge on any atom is -0.275 e. The SMILES string of the molecule is CC/C=C(\C)C(CCCCCCCCCCCCCC)N1C(=O)CCC1=O. The summed E-state index contributed by atoms with van der Waals surface area (Å²) in [5.74, 6) is 0.0422. The number of carbonyl (C=O) groups excluding carboxylic acids is 2. The first-order valence-electron chi connectivity index (χ1n) is 11.6. The van der Waals surface area contributed by atoms with Crippen LogP contribution in [0.4, 0.5) is 0 Å². The molecule has 1 heterocycles. The molecule has 0 saturated carbocycles. The second-order valence-electron chi connectivity index (χ2n) is 8.21. The summed E-state index contributed by atoms with van der Waals surface area (Å²) in [6, 6.07) is -0.00410. The normalized spacial score (nSPS) is 16.4. The van der Waals surface area contributed by atoms with Crippen LogP contribution in [0.2, 0.25) is 0 Å². The lowest BCUT2D eigenvalue weighted by molar-refractivity contribution is -0.140. The van der Waals surface area contributed by atoms with Crippen molar-refractivity contribution in [2.75, 3.05) is 0 Å². The second-order valence-corrected chi connectivity index (χ2v) is 8.21. The predicted octanol–water partition coefficient (Wildman–Crippen LogP) is 6.95. The zero-order valence-electron chi connectivity index (χ0n) is 18.2. The molecule has 1 unspecified atom stereocenters. The zero-order valence-corrected chi connectivity index (χ0v) is 18.2. The first-order valence-corrected chi connectivity index (χ1v) is 11.6. The quantitative estimate of drug-likeness (QED) is 0.166. The lowest BCUT2D eigenvalue weighted by atomic mass is 9.98. The molecule has 1 aliphatic rings. The summed E-state index contributed by atoms with van der Waals surface area (Å²) in [5, 5.41) is 0. The zero-order chi connectivity index (χ0) is 19.9. The van der Waals surface area contributed by atoms with E-state index >= 15 is 0 Å². The van der Waals surface area contributed by atoms with Gasteiger partial charge in [-0.1, -0.05) is 103 Å². The summed E-state index contributed by atoms with van der Waals surface area (Å²) in [7, 11) is 0. The van der Waals surface area contributed by atoms with Crippen LogP contribution in [0.3, 0.4) is 0 Å². The topological polar surface area (TPSA) is 37.4 Å². The van der Waals surface area contributed by atoms with E-state index in [9.17, 15) is 9.59 Å². The van der Waals surface area contributed by atoms with Gasteiger partial charge in [0, 0.05) is 12.8 Å². The van der Waals surface area contributed by atoms with E-state index in [-0.39, 0.29) is 17.9 Å². The largest absolute Gasteiger partial charge is 0.275 e. The number of allylic oxidation sites excluding steroid dienone is 1. The Labute approximate surface area is 168 Å². The smallest absolute Gasteiger partial charge is 0.230 e. The number of imide groups is 1. The molecule has 1 fully saturated rings. The van der Waals surface area contributed by atoms with Gasteiger partial charge >= 0.3 is 0 Å². The van der Waals surface area contributed by atoms with Crippen LogP contribution >= 0.6 is 0 Å². The molecule has 0 bridgehead atoms. The van der Waals surface area contributed by atoms with Crippen molar-refractivity contribution >= 4 is 11.8 Å². The molecule has 0 aromatic rings. The van der Waals surface area contributed by atoms with E-state index in [1.807, 2.05) is 0 Å². The Morgan fingerprint density at radius 2 is 1.26 bits per heavy atom. The molecule has 2 amide bonds. The van der Waals surface area contributed by atoms with Crippen LogP contribution in [0, 0.1) is 0 Å². The predicted molar refractivity (Wildman–Crippen MR) is 115 cm³/mol. The van der Waals surface area contributed by atoms with Crippen molar-refractivity contribution in [1.29, 1.82) is 0 Å². The maximum atomic E-state index is 12.1. The van der Waals surface area contributed by atoms with Crippen molar-refractivity contribution in [3.05, 3.63) is 11.6 Å². The third-order valence-electron chi connectivity index (χ3n) is 5.78. The molecule has 0 radical (unpaired) electrons. The number of nitrogens with zero attached hydrogens (tertiary/aromatic N) is 1. The van der Waals surface area contributed by atoms with E-state index in [1.165, 1.54) is 76.2 Å². The third kappa shape index (κ3) is 9.58. The van der Waals surface area contributed by atoms with Crippen LogP contribution in [0.5, 0.6) is 0 Å². The fraction of sp³-hybridized carbons (Fsp3) is 0.833. The van der Waals surface area contributed by atoms with Gasteiger partial charge in [0.2, 0.25) is 11.8 Å². The Hall–Kier alpha value is -1.12. The van der Waals surface area contributed by atoms with Crippen molar-refractivity contribution in [2.45, 2.75) is 130 Å². The van der Waals surface area contributed by atoms with Gasteiger partial charge in [0.05, 0.1) is 6.04 Å². The highest BCUT2D eigenvalue weighted by atomic mass is 16.2. The number of carbonyl (C=O) groups is 2. The fourth-order valence-electron chi connectivity index (χ4n) is 4.14. The van der Waals surface area contributed by atoms with E-state index in [4.69, 9.17) is 0 Å². The minimum atomic E-state index is -0.00410. The van der Waals surface area contributed by atoms with Crippen LogP contribution in [-0.2, 0) is 9.59 Å². The van der Waals surface area contributed by atoms with E-state index in [0.29, 0.717) is 12.8 Å². The molecule has 1 atom stereocenters. The average molecular weight is 378 g/mol. The highest BCUT2D eigenvalue weighted by molar-refractivity contribution is 6.02. The van der Waals surface area contributed by atoms with Crippen LogP contribution in [0.15, 0.2) is 11.6 Å². The molecule has 27 heavy (non-hydrogen) atoms. The molecule has 3 heteroatoms. The Morgan fingerprint density at radius 1 is 0.815 bits per heavy atom. The molecule has 1 aliphatic heterocycles. The molecule has 1 saturated heterocycles. The first-order chi connectivity index (χ1) is 13.1. The highest BCUT2D eigenvalue weighted by Gasteiger charge is 2.35. The molecule has 1 rings (SSSR count). The summed E-state index contributed by atoms with van der Waals surface area (Å²) in [6.45, 7) is 6.45. The van der Waals surface area contributed by atoms with Crippen molar-refractivity contribution < 1.29 is 9.59 Å². The Morgan fingerprint density at radius 3 is 1.70 bits per heavy atom. The molecule has 0 aromatic carbocycles. The van der Waals surface area contributed by atoms with E-state index < -0.39 is 0 Å². The van der Waals surface area contributed by atoms with Crippen molar-refractivity contribution in [3.8, 4) is 0 Å². The van der Waals surface area contributed by atoms with Crippen molar-refractivity contribution in [3.63, 3.8) is 0 Å². The molecule has 156 valence electrons. The van der Waals surface area contributed by atoms with Crippen LogP contribution in [0.25, 0.3) is 0 Å². The Balaban J connectivity index is 2.18. The monoisotopic (exact) mass is 377 g/mol.